The SMILES string of the molecule is O=C(COC(=O)C1CCN(C(=O)c2ccc(F)cc2F)CC1)NC1c2ccccc2-c2ccccc21. The van der Waals surface area contributed by atoms with Crippen molar-refractivity contribution >= 4 is 17.8 Å². The third kappa shape index (κ3) is 4.58. The van der Waals surface area contributed by atoms with Crippen LogP contribution in [0, 0.1) is 17.6 Å². The maximum absolute atomic E-state index is 13.9. The largest absolute Gasteiger partial charge is 0.455 e. The zero-order valence-corrected chi connectivity index (χ0v) is 19.4. The molecule has 5 rings (SSSR count). The molecule has 3 aromatic rings. The maximum Gasteiger partial charge on any atom is 0.309 e. The van der Waals surface area contributed by atoms with Gasteiger partial charge in [0.1, 0.15) is 11.6 Å². The van der Waals surface area contributed by atoms with Crippen LogP contribution in [0.4, 0.5) is 8.78 Å². The fourth-order valence-corrected chi connectivity index (χ4v) is 4.92. The second-order valence-electron chi connectivity index (χ2n) is 8.97. The normalized spacial score (nSPS) is 15.2. The highest BCUT2D eigenvalue weighted by molar-refractivity contribution is 5.94. The summed E-state index contributed by atoms with van der Waals surface area (Å²) in [6.07, 6.45) is 0.663. The number of esters is 1. The van der Waals surface area contributed by atoms with Gasteiger partial charge in [0.2, 0.25) is 0 Å². The summed E-state index contributed by atoms with van der Waals surface area (Å²) in [5.41, 5.74) is 3.92. The molecular weight excluding hydrogens is 466 g/mol. The van der Waals surface area contributed by atoms with Crippen molar-refractivity contribution in [2.24, 2.45) is 5.92 Å². The molecule has 1 aliphatic heterocycles. The third-order valence-corrected chi connectivity index (χ3v) is 6.76. The lowest BCUT2D eigenvalue weighted by molar-refractivity contribution is -0.154. The van der Waals surface area contributed by atoms with E-state index in [1.807, 2.05) is 48.5 Å². The number of hydrogen-bond acceptors (Lipinski definition) is 4. The molecule has 0 aromatic heterocycles. The average Bonchev–Trinajstić information content (AvgIpc) is 3.20. The Labute approximate surface area is 206 Å². The number of amides is 2. The van der Waals surface area contributed by atoms with Gasteiger partial charge in [-0.15, -0.1) is 0 Å². The fraction of sp³-hybridized carbons (Fsp3) is 0.250. The molecule has 6 nitrogen and oxygen atoms in total. The van der Waals surface area contributed by atoms with Crippen LogP contribution in [-0.4, -0.2) is 42.4 Å². The van der Waals surface area contributed by atoms with Crippen molar-refractivity contribution in [3.8, 4) is 11.1 Å². The average molecular weight is 491 g/mol. The summed E-state index contributed by atoms with van der Waals surface area (Å²) in [7, 11) is 0. The number of piperidine rings is 1. The number of benzene rings is 3. The zero-order valence-electron chi connectivity index (χ0n) is 19.4. The van der Waals surface area contributed by atoms with Gasteiger partial charge in [-0.2, -0.15) is 0 Å². The lowest BCUT2D eigenvalue weighted by Crippen LogP contribution is -2.41. The van der Waals surface area contributed by atoms with Crippen LogP contribution in [0.5, 0.6) is 0 Å². The predicted molar refractivity (Wildman–Crippen MR) is 128 cm³/mol. The first-order chi connectivity index (χ1) is 17.4. The molecular formula is C28H24F2N2O4. The lowest BCUT2D eigenvalue weighted by atomic mass is 9.96. The van der Waals surface area contributed by atoms with Crippen LogP contribution in [0.1, 0.15) is 40.4 Å². The topological polar surface area (TPSA) is 75.7 Å². The summed E-state index contributed by atoms with van der Waals surface area (Å²) in [5.74, 6) is -3.59. The molecule has 8 heteroatoms. The van der Waals surface area contributed by atoms with Gasteiger partial charge in [-0.3, -0.25) is 14.4 Å². The molecule has 184 valence electrons. The van der Waals surface area contributed by atoms with Gasteiger partial charge in [0, 0.05) is 19.2 Å². The molecule has 0 atom stereocenters. The number of likely N-dealkylation sites (tertiary alicyclic amines) is 1. The van der Waals surface area contributed by atoms with Crippen LogP contribution in [-0.2, 0) is 14.3 Å². The van der Waals surface area contributed by atoms with Crippen molar-refractivity contribution in [2.45, 2.75) is 18.9 Å². The van der Waals surface area contributed by atoms with Crippen LogP contribution in [0.15, 0.2) is 66.7 Å². The summed E-state index contributed by atoms with van der Waals surface area (Å²) in [5, 5.41) is 2.97. The number of rotatable bonds is 5. The molecule has 2 aliphatic rings. The molecule has 2 amide bonds. The fourth-order valence-electron chi connectivity index (χ4n) is 4.92. The van der Waals surface area contributed by atoms with E-state index in [2.05, 4.69) is 5.32 Å². The lowest BCUT2D eigenvalue weighted by Gasteiger charge is -2.31. The van der Waals surface area contributed by atoms with Crippen molar-refractivity contribution in [2.75, 3.05) is 19.7 Å². The molecule has 3 aromatic carbocycles. The number of carbonyl (C=O) groups excluding carboxylic acids is 3. The van der Waals surface area contributed by atoms with Crippen LogP contribution < -0.4 is 5.32 Å². The summed E-state index contributed by atoms with van der Waals surface area (Å²) < 4.78 is 32.4. The molecule has 1 saturated heterocycles. The summed E-state index contributed by atoms with van der Waals surface area (Å²) in [6, 6.07) is 18.2. The van der Waals surface area contributed by atoms with E-state index in [0.717, 1.165) is 34.4 Å². The second kappa shape index (κ2) is 9.89. The molecule has 0 unspecified atom stereocenters. The standard InChI is InChI=1S/C28H24F2N2O4/c29-18-9-10-23(24(30)15-18)27(34)32-13-11-17(12-14-32)28(35)36-16-25(33)31-26-21-7-3-1-5-19(21)20-6-2-4-8-22(20)26/h1-10,15,17,26H,11-14,16H2,(H,31,33). The molecule has 1 heterocycles. The Bertz CT molecular complexity index is 1290. The van der Waals surface area contributed by atoms with E-state index in [-0.39, 0.29) is 24.7 Å². The van der Waals surface area contributed by atoms with Gasteiger partial charge in [0.25, 0.3) is 11.8 Å². The number of nitrogens with one attached hydrogen (secondary N) is 1. The Morgan fingerprint density at radius 3 is 2.11 bits per heavy atom. The Morgan fingerprint density at radius 1 is 0.889 bits per heavy atom. The summed E-state index contributed by atoms with van der Waals surface area (Å²) >= 11 is 0. The minimum absolute atomic E-state index is 0.204. The highest BCUT2D eigenvalue weighted by Gasteiger charge is 2.32. The van der Waals surface area contributed by atoms with E-state index in [4.69, 9.17) is 4.74 Å². The van der Waals surface area contributed by atoms with Gasteiger partial charge in [0.05, 0.1) is 17.5 Å². The van der Waals surface area contributed by atoms with E-state index in [9.17, 15) is 23.2 Å². The minimum atomic E-state index is -0.917. The van der Waals surface area contributed by atoms with E-state index in [0.29, 0.717) is 18.9 Å². The van der Waals surface area contributed by atoms with Gasteiger partial charge in [-0.25, -0.2) is 8.78 Å². The summed E-state index contributed by atoms with van der Waals surface area (Å²) in [4.78, 5) is 39.2. The molecule has 0 bridgehead atoms. The number of fused-ring (bicyclic) bond motifs is 3. The van der Waals surface area contributed by atoms with E-state index in [1.165, 1.54) is 4.90 Å². The van der Waals surface area contributed by atoms with Crippen molar-refractivity contribution in [3.05, 3.63) is 95.1 Å². The number of hydrogen-bond donors (Lipinski definition) is 1. The van der Waals surface area contributed by atoms with Crippen molar-refractivity contribution in [3.63, 3.8) is 0 Å². The molecule has 1 fully saturated rings. The smallest absolute Gasteiger partial charge is 0.309 e. The molecule has 0 radical (unpaired) electrons. The first kappa shape index (κ1) is 23.7. The van der Waals surface area contributed by atoms with Crippen LogP contribution in [0.25, 0.3) is 11.1 Å². The number of ether oxygens (including phenoxy) is 1. The van der Waals surface area contributed by atoms with Gasteiger partial charge < -0.3 is 15.0 Å². The molecule has 0 saturated carbocycles. The summed E-state index contributed by atoms with van der Waals surface area (Å²) in [6.45, 7) is 0.0636. The molecule has 0 spiro atoms. The zero-order chi connectivity index (χ0) is 25.2. The second-order valence-corrected chi connectivity index (χ2v) is 8.97. The van der Waals surface area contributed by atoms with Crippen molar-refractivity contribution in [1.82, 2.24) is 10.2 Å². The van der Waals surface area contributed by atoms with E-state index in [1.54, 1.807) is 0 Å². The van der Waals surface area contributed by atoms with Crippen molar-refractivity contribution < 1.29 is 27.9 Å². The Hall–Kier alpha value is -4.07. The quantitative estimate of drug-likeness (QED) is 0.543. The Kier molecular flexibility index (Phi) is 6.50. The van der Waals surface area contributed by atoms with Gasteiger partial charge in [0.15, 0.2) is 6.61 Å². The third-order valence-electron chi connectivity index (χ3n) is 6.76. The van der Waals surface area contributed by atoms with Gasteiger partial charge >= 0.3 is 5.97 Å². The molecule has 1 N–H and O–H groups in total. The highest BCUT2D eigenvalue weighted by Crippen LogP contribution is 2.42. The van der Waals surface area contributed by atoms with E-state index >= 15 is 0 Å². The van der Waals surface area contributed by atoms with Crippen LogP contribution in [0.2, 0.25) is 0 Å². The Morgan fingerprint density at radius 2 is 1.50 bits per heavy atom. The number of nitrogens with zero attached hydrogens (tertiary/aromatic N) is 1. The molecule has 1 aliphatic carbocycles. The van der Waals surface area contributed by atoms with Gasteiger partial charge in [-0.1, -0.05) is 48.5 Å². The van der Waals surface area contributed by atoms with Crippen molar-refractivity contribution in [1.29, 1.82) is 0 Å². The predicted octanol–water partition coefficient (Wildman–Crippen LogP) is 4.25. The van der Waals surface area contributed by atoms with Crippen LogP contribution >= 0.6 is 0 Å². The number of halogens is 2. The minimum Gasteiger partial charge on any atom is -0.455 e. The first-order valence-electron chi connectivity index (χ1n) is 11.8. The first-order valence-corrected chi connectivity index (χ1v) is 11.8. The monoisotopic (exact) mass is 490 g/mol. The number of carbonyl (C=O) groups is 3. The highest BCUT2D eigenvalue weighted by atomic mass is 19.1. The van der Waals surface area contributed by atoms with Crippen LogP contribution in [0.3, 0.4) is 0 Å². The van der Waals surface area contributed by atoms with Gasteiger partial charge in [-0.05, 0) is 47.2 Å². The molecule has 36 heavy (non-hydrogen) atoms. The Balaban J connectivity index is 1.13. The van der Waals surface area contributed by atoms with E-state index < -0.39 is 41.9 Å². The maximum atomic E-state index is 13.9.